The highest BCUT2D eigenvalue weighted by atomic mass is 19.4. The van der Waals surface area contributed by atoms with Gasteiger partial charge in [-0.05, 0) is 43.4 Å². The van der Waals surface area contributed by atoms with Crippen molar-refractivity contribution in [1.82, 2.24) is 20.1 Å². The SMILES string of the molecule is C=C(CCF)C(=O)N(CCCCCc1nc(C2CC2)no1)c1cccc(-c2cnc(C(F)(F)F)nc2)c1. The van der Waals surface area contributed by atoms with E-state index in [0.29, 0.717) is 48.0 Å². The van der Waals surface area contributed by atoms with Gasteiger partial charge in [0.05, 0.1) is 6.67 Å². The molecule has 0 radical (unpaired) electrons. The van der Waals surface area contributed by atoms with Gasteiger partial charge in [0.15, 0.2) is 5.82 Å². The third-order valence-electron chi connectivity index (χ3n) is 6.04. The third-order valence-corrected chi connectivity index (χ3v) is 6.04. The summed E-state index contributed by atoms with van der Waals surface area (Å²) in [5.74, 6) is 0.189. The van der Waals surface area contributed by atoms with Gasteiger partial charge in [0, 0.05) is 54.5 Å². The molecule has 0 atom stereocenters. The van der Waals surface area contributed by atoms with Crippen LogP contribution in [0.1, 0.15) is 62.0 Å². The standard InChI is InChI=1S/C26H27F4N5O2/c1-17(11-12-27)24(36)35(13-4-2-3-8-22-33-23(34-37-22)18-9-10-18)21-7-5-6-19(14-21)20-15-31-25(32-16-20)26(28,29)30/h5-7,14-16,18H,1-4,8-13H2. The van der Waals surface area contributed by atoms with Gasteiger partial charge in [-0.1, -0.05) is 30.3 Å². The number of carbonyl (C=O) groups excluding carboxylic acids is 1. The summed E-state index contributed by atoms with van der Waals surface area (Å²) >= 11 is 0. The van der Waals surface area contributed by atoms with Crippen LogP contribution in [0.15, 0.2) is 53.3 Å². The monoisotopic (exact) mass is 517 g/mol. The molecule has 196 valence electrons. The van der Waals surface area contributed by atoms with Crippen molar-refractivity contribution in [2.75, 3.05) is 18.1 Å². The normalized spacial score (nSPS) is 13.5. The van der Waals surface area contributed by atoms with Gasteiger partial charge in [-0.25, -0.2) is 9.97 Å². The predicted molar refractivity (Wildman–Crippen MR) is 128 cm³/mol. The molecule has 1 aliphatic carbocycles. The van der Waals surface area contributed by atoms with E-state index < -0.39 is 24.6 Å². The van der Waals surface area contributed by atoms with Crippen LogP contribution < -0.4 is 4.90 Å². The maximum Gasteiger partial charge on any atom is 0.451 e. The lowest BCUT2D eigenvalue weighted by atomic mass is 10.1. The molecule has 0 spiro atoms. The Labute approximate surface area is 211 Å². The van der Waals surface area contributed by atoms with Crippen LogP contribution in [0.5, 0.6) is 0 Å². The fourth-order valence-electron chi connectivity index (χ4n) is 3.84. The molecule has 11 heteroatoms. The molecule has 0 N–H and O–H groups in total. The number of anilines is 1. The second-order valence-corrected chi connectivity index (χ2v) is 8.97. The van der Waals surface area contributed by atoms with Crippen LogP contribution in [0.25, 0.3) is 11.1 Å². The molecule has 0 saturated heterocycles. The summed E-state index contributed by atoms with van der Waals surface area (Å²) in [6, 6.07) is 6.76. The summed E-state index contributed by atoms with van der Waals surface area (Å²) in [5, 5.41) is 4.01. The van der Waals surface area contributed by atoms with Crippen LogP contribution in [-0.2, 0) is 17.4 Å². The summed E-state index contributed by atoms with van der Waals surface area (Å²) in [5.41, 5.74) is 1.58. The van der Waals surface area contributed by atoms with E-state index >= 15 is 0 Å². The van der Waals surface area contributed by atoms with E-state index in [1.165, 1.54) is 4.90 Å². The molecular weight excluding hydrogens is 490 g/mol. The zero-order valence-corrected chi connectivity index (χ0v) is 20.2. The van der Waals surface area contributed by atoms with Gasteiger partial charge in [0.1, 0.15) is 0 Å². The van der Waals surface area contributed by atoms with E-state index in [2.05, 4.69) is 26.7 Å². The largest absolute Gasteiger partial charge is 0.451 e. The summed E-state index contributed by atoms with van der Waals surface area (Å²) in [7, 11) is 0. The lowest BCUT2D eigenvalue weighted by Gasteiger charge is -2.24. The Morgan fingerprint density at radius 3 is 2.54 bits per heavy atom. The van der Waals surface area contributed by atoms with Crippen molar-refractivity contribution in [1.29, 1.82) is 0 Å². The fraction of sp³-hybridized carbons (Fsp3) is 0.423. The molecular formula is C26H27F4N5O2. The van der Waals surface area contributed by atoms with Crippen LogP contribution in [0.4, 0.5) is 23.2 Å². The van der Waals surface area contributed by atoms with Gasteiger partial charge in [-0.15, -0.1) is 0 Å². The van der Waals surface area contributed by atoms with Gasteiger partial charge in [-0.3, -0.25) is 9.18 Å². The number of hydrogen-bond donors (Lipinski definition) is 0. The van der Waals surface area contributed by atoms with Crippen molar-refractivity contribution in [3.05, 3.63) is 66.4 Å². The molecule has 0 bridgehead atoms. The third kappa shape index (κ3) is 6.99. The summed E-state index contributed by atoms with van der Waals surface area (Å²) in [6.45, 7) is 3.38. The zero-order valence-electron chi connectivity index (χ0n) is 20.2. The molecule has 2 heterocycles. The Morgan fingerprint density at radius 2 is 1.86 bits per heavy atom. The number of amides is 1. The van der Waals surface area contributed by atoms with Crippen molar-refractivity contribution in [2.45, 2.75) is 57.0 Å². The molecule has 37 heavy (non-hydrogen) atoms. The summed E-state index contributed by atoms with van der Waals surface area (Å²) in [4.78, 5) is 25.8. The molecule has 0 unspecified atom stereocenters. The Bertz CT molecular complexity index is 1220. The number of hydrogen-bond acceptors (Lipinski definition) is 6. The lowest BCUT2D eigenvalue weighted by Crippen LogP contribution is -2.33. The highest BCUT2D eigenvalue weighted by Gasteiger charge is 2.34. The minimum absolute atomic E-state index is 0.0811. The molecule has 1 aromatic carbocycles. The minimum atomic E-state index is -4.64. The maximum atomic E-state index is 13.1. The smallest absolute Gasteiger partial charge is 0.339 e. The second-order valence-electron chi connectivity index (χ2n) is 8.97. The van der Waals surface area contributed by atoms with Crippen molar-refractivity contribution in [3.8, 4) is 11.1 Å². The van der Waals surface area contributed by atoms with E-state index in [9.17, 15) is 22.4 Å². The number of aryl methyl sites for hydroxylation is 1. The quantitative estimate of drug-likeness (QED) is 0.164. The summed E-state index contributed by atoms with van der Waals surface area (Å²) in [6.07, 6.45) is 2.55. The van der Waals surface area contributed by atoms with Crippen molar-refractivity contribution >= 4 is 11.6 Å². The Balaban J connectivity index is 1.42. The maximum absolute atomic E-state index is 13.1. The van der Waals surface area contributed by atoms with E-state index in [1.807, 2.05) is 0 Å². The number of carbonyl (C=O) groups is 1. The Morgan fingerprint density at radius 1 is 1.11 bits per heavy atom. The van der Waals surface area contributed by atoms with Gasteiger partial charge < -0.3 is 9.42 Å². The number of unbranched alkanes of at least 4 members (excludes halogenated alkanes) is 2. The topological polar surface area (TPSA) is 85.0 Å². The van der Waals surface area contributed by atoms with Gasteiger partial charge in [0.2, 0.25) is 11.7 Å². The number of nitrogens with zero attached hydrogens (tertiary/aromatic N) is 5. The van der Waals surface area contributed by atoms with Crippen LogP contribution in [-0.4, -0.2) is 39.2 Å². The molecule has 0 aliphatic heterocycles. The van der Waals surface area contributed by atoms with Crippen LogP contribution in [0.3, 0.4) is 0 Å². The van der Waals surface area contributed by atoms with E-state index in [0.717, 1.165) is 43.9 Å². The van der Waals surface area contributed by atoms with E-state index in [4.69, 9.17) is 4.52 Å². The number of aromatic nitrogens is 4. The number of benzene rings is 1. The molecule has 1 amide bonds. The first-order valence-electron chi connectivity index (χ1n) is 12.1. The molecule has 2 aromatic heterocycles. The molecule has 3 aromatic rings. The minimum Gasteiger partial charge on any atom is -0.339 e. The van der Waals surface area contributed by atoms with E-state index in [-0.39, 0.29) is 12.0 Å². The molecule has 1 fully saturated rings. The van der Waals surface area contributed by atoms with Crippen LogP contribution in [0.2, 0.25) is 0 Å². The van der Waals surface area contributed by atoms with Crippen LogP contribution >= 0.6 is 0 Å². The summed E-state index contributed by atoms with van der Waals surface area (Å²) < 4.78 is 56.6. The fourth-order valence-corrected chi connectivity index (χ4v) is 3.84. The second kappa shape index (κ2) is 11.6. The average Bonchev–Trinajstić information content (AvgIpc) is 3.63. The molecule has 4 rings (SSSR count). The van der Waals surface area contributed by atoms with E-state index in [1.54, 1.807) is 24.3 Å². The first-order chi connectivity index (χ1) is 17.8. The van der Waals surface area contributed by atoms with Crippen molar-refractivity contribution < 1.29 is 26.9 Å². The number of halogens is 4. The number of alkyl halides is 4. The first-order valence-corrected chi connectivity index (χ1v) is 12.1. The first kappa shape index (κ1) is 26.4. The van der Waals surface area contributed by atoms with Gasteiger partial charge >= 0.3 is 6.18 Å². The molecule has 1 aliphatic rings. The Hall–Kier alpha value is -3.63. The van der Waals surface area contributed by atoms with Crippen LogP contribution in [0, 0.1) is 0 Å². The molecule has 7 nitrogen and oxygen atoms in total. The van der Waals surface area contributed by atoms with Crippen molar-refractivity contribution in [3.63, 3.8) is 0 Å². The lowest BCUT2D eigenvalue weighted by molar-refractivity contribution is -0.145. The molecule has 1 saturated carbocycles. The number of rotatable bonds is 12. The average molecular weight is 518 g/mol. The highest BCUT2D eigenvalue weighted by Crippen LogP contribution is 2.38. The van der Waals surface area contributed by atoms with Gasteiger partial charge in [0.25, 0.3) is 5.91 Å². The predicted octanol–water partition coefficient (Wildman–Crippen LogP) is 6.08. The van der Waals surface area contributed by atoms with Gasteiger partial charge in [-0.2, -0.15) is 18.2 Å². The highest BCUT2D eigenvalue weighted by molar-refractivity contribution is 6.05. The zero-order chi connectivity index (χ0) is 26.4. The van der Waals surface area contributed by atoms with Crippen molar-refractivity contribution in [2.24, 2.45) is 0 Å². The Kier molecular flexibility index (Phi) is 8.30.